The van der Waals surface area contributed by atoms with Gasteiger partial charge in [-0.15, -0.1) is 0 Å². The molecule has 1 N–H and O–H groups in total. The van der Waals surface area contributed by atoms with E-state index in [4.69, 9.17) is 32.7 Å². The van der Waals surface area contributed by atoms with Crippen LogP contribution < -0.4 is 19.1 Å². The van der Waals surface area contributed by atoms with Gasteiger partial charge in [-0.2, -0.15) is 0 Å². The third kappa shape index (κ3) is 7.44. The number of nitrogens with one attached hydrogen (secondary N) is 1. The molecule has 0 heterocycles. The Labute approximate surface area is 251 Å². The summed E-state index contributed by atoms with van der Waals surface area (Å²) in [6.07, 6.45) is 0. The normalized spacial score (nSPS) is 11.9. The molecular formula is C29H33Cl2N3O6S. The Morgan fingerprint density at radius 2 is 1.56 bits per heavy atom. The summed E-state index contributed by atoms with van der Waals surface area (Å²) >= 11 is 12.8. The van der Waals surface area contributed by atoms with Crippen LogP contribution in [0.15, 0.2) is 65.6 Å². The Bertz CT molecular complexity index is 1480. The fourth-order valence-electron chi connectivity index (χ4n) is 4.10. The second kappa shape index (κ2) is 13.9. The smallest absolute Gasteiger partial charge is 0.264 e. The van der Waals surface area contributed by atoms with Gasteiger partial charge >= 0.3 is 0 Å². The number of rotatable bonds is 12. The molecule has 0 saturated carbocycles. The molecule has 0 aliphatic heterocycles. The average molecular weight is 623 g/mol. The highest BCUT2D eigenvalue weighted by atomic mass is 35.5. The molecule has 9 nitrogen and oxygen atoms in total. The standard InChI is InChI=1S/C29H33Cl2N3O6S/c1-6-32-29(36)20(3)33(17-23-24(30)8-7-9-25(23)31)28(35)18-34(21-12-15-26(39-4)27(16-21)40-5)41(37,38)22-13-10-19(2)11-14-22/h7-16,20H,6,17-18H2,1-5H3,(H,32,36)/t20-/m1/s1. The summed E-state index contributed by atoms with van der Waals surface area (Å²) in [7, 11) is -1.37. The van der Waals surface area contributed by atoms with Crippen LogP contribution in [-0.2, 0) is 26.2 Å². The summed E-state index contributed by atoms with van der Waals surface area (Å²) in [5.74, 6) is -0.402. The quantitative estimate of drug-likeness (QED) is 0.303. The van der Waals surface area contributed by atoms with Gasteiger partial charge in [0, 0.05) is 34.8 Å². The van der Waals surface area contributed by atoms with Gasteiger partial charge in [0.2, 0.25) is 11.8 Å². The summed E-state index contributed by atoms with van der Waals surface area (Å²) in [5, 5.41) is 3.32. The molecule has 41 heavy (non-hydrogen) atoms. The van der Waals surface area contributed by atoms with Crippen LogP contribution in [0.1, 0.15) is 25.0 Å². The Hall–Kier alpha value is -3.47. The number of benzene rings is 3. The van der Waals surface area contributed by atoms with Crippen LogP contribution in [0.4, 0.5) is 5.69 Å². The zero-order chi connectivity index (χ0) is 30.3. The van der Waals surface area contributed by atoms with E-state index in [2.05, 4.69) is 5.32 Å². The molecule has 0 radical (unpaired) electrons. The minimum atomic E-state index is -4.25. The van der Waals surface area contributed by atoms with E-state index in [0.29, 0.717) is 27.9 Å². The molecule has 0 fully saturated rings. The number of likely N-dealkylation sites (N-methyl/N-ethyl adjacent to an activating group) is 1. The van der Waals surface area contributed by atoms with Crippen molar-refractivity contribution in [1.29, 1.82) is 0 Å². The number of carbonyl (C=O) groups excluding carboxylic acids is 2. The minimum absolute atomic E-state index is 0.0110. The summed E-state index contributed by atoms with van der Waals surface area (Å²) in [6, 6.07) is 14.8. The maximum Gasteiger partial charge on any atom is 0.264 e. The van der Waals surface area contributed by atoms with Gasteiger partial charge in [-0.25, -0.2) is 8.42 Å². The summed E-state index contributed by atoms with van der Waals surface area (Å²) in [5.41, 5.74) is 1.47. The maximum absolute atomic E-state index is 14.0. The molecule has 3 aromatic rings. The Morgan fingerprint density at radius 1 is 0.951 bits per heavy atom. The van der Waals surface area contributed by atoms with Crippen molar-refractivity contribution in [3.63, 3.8) is 0 Å². The molecule has 0 aromatic heterocycles. The molecule has 0 aliphatic rings. The maximum atomic E-state index is 14.0. The van der Waals surface area contributed by atoms with Crippen LogP contribution in [0, 0.1) is 6.92 Å². The van der Waals surface area contributed by atoms with Crippen molar-refractivity contribution in [2.75, 3.05) is 31.6 Å². The highest BCUT2D eigenvalue weighted by Gasteiger charge is 2.33. The molecule has 3 rings (SSSR count). The van der Waals surface area contributed by atoms with Crippen LogP contribution in [-0.4, -0.2) is 58.5 Å². The summed E-state index contributed by atoms with van der Waals surface area (Å²) in [4.78, 5) is 28.1. The van der Waals surface area contributed by atoms with E-state index in [9.17, 15) is 18.0 Å². The minimum Gasteiger partial charge on any atom is -0.493 e. The highest BCUT2D eigenvalue weighted by molar-refractivity contribution is 7.92. The van der Waals surface area contributed by atoms with Crippen molar-refractivity contribution in [2.45, 2.75) is 38.3 Å². The lowest BCUT2D eigenvalue weighted by molar-refractivity contribution is -0.139. The first-order valence-electron chi connectivity index (χ1n) is 12.8. The van der Waals surface area contributed by atoms with Crippen LogP contribution in [0.2, 0.25) is 10.0 Å². The van der Waals surface area contributed by atoms with E-state index in [-0.39, 0.29) is 22.9 Å². The summed E-state index contributed by atoms with van der Waals surface area (Å²) < 4.78 is 39.7. The van der Waals surface area contributed by atoms with Crippen molar-refractivity contribution >= 4 is 50.7 Å². The predicted molar refractivity (Wildman–Crippen MR) is 160 cm³/mol. The second-order valence-corrected chi connectivity index (χ2v) is 11.8. The Balaban J connectivity index is 2.12. The Kier molecular flexibility index (Phi) is 10.9. The van der Waals surface area contributed by atoms with E-state index in [1.165, 1.54) is 43.4 Å². The van der Waals surface area contributed by atoms with E-state index in [0.717, 1.165) is 9.87 Å². The number of halogens is 2. The SMILES string of the molecule is CCNC(=O)[C@@H](C)N(Cc1c(Cl)cccc1Cl)C(=O)CN(c1ccc(OC)c(OC)c1)S(=O)(=O)c1ccc(C)cc1. The van der Waals surface area contributed by atoms with Crippen molar-refractivity contribution in [1.82, 2.24) is 10.2 Å². The molecule has 0 bridgehead atoms. The Morgan fingerprint density at radius 3 is 2.12 bits per heavy atom. The fourth-order valence-corrected chi connectivity index (χ4v) is 6.03. The number of methoxy groups -OCH3 is 2. The molecule has 12 heteroatoms. The van der Waals surface area contributed by atoms with Gasteiger partial charge in [-0.05, 0) is 57.2 Å². The first-order chi connectivity index (χ1) is 19.4. The van der Waals surface area contributed by atoms with Crippen LogP contribution in [0.3, 0.4) is 0 Å². The van der Waals surface area contributed by atoms with Crippen LogP contribution in [0.25, 0.3) is 0 Å². The molecule has 3 aromatic carbocycles. The molecule has 0 aliphatic carbocycles. The van der Waals surface area contributed by atoms with E-state index >= 15 is 0 Å². The highest BCUT2D eigenvalue weighted by Crippen LogP contribution is 2.34. The summed E-state index contributed by atoms with van der Waals surface area (Å²) in [6.45, 7) is 4.75. The van der Waals surface area contributed by atoms with Gasteiger partial charge in [0.1, 0.15) is 12.6 Å². The van der Waals surface area contributed by atoms with Crippen LogP contribution >= 0.6 is 23.2 Å². The average Bonchev–Trinajstić information content (AvgIpc) is 2.95. The van der Waals surface area contributed by atoms with Gasteiger partial charge < -0.3 is 19.7 Å². The number of carbonyl (C=O) groups is 2. The van der Waals surface area contributed by atoms with E-state index < -0.39 is 34.4 Å². The number of ether oxygens (including phenoxy) is 2. The van der Waals surface area contributed by atoms with Crippen LogP contribution in [0.5, 0.6) is 11.5 Å². The molecular weight excluding hydrogens is 589 g/mol. The number of nitrogens with zero attached hydrogens (tertiary/aromatic N) is 2. The second-order valence-electron chi connectivity index (χ2n) is 9.16. The van der Waals surface area contributed by atoms with Crippen molar-refractivity contribution in [2.24, 2.45) is 0 Å². The number of amides is 2. The lowest BCUT2D eigenvalue weighted by Gasteiger charge is -2.32. The monoisotopic (exact) mass is 621 g/mol. The third-order valence-corrected chi connectivity index (χ3v) is 8.95. The predicted octanol–water partition coefficient (Wildman–Crippen LogP) is 5.07. The van der Waals surface area contributed by atoms with Gasteiger partial charge in [0.15, 0.2) is 11.5 Å². The van der Waals surface area contributed by atoms with Gasteiger partial charge in [0.25, 0.3) is 10.0 Å². The van der Waals surface area contributed by atoms with E-state index in [1.807, 2.05) is 6.92 Å². The number of hydrogen-bond acceptors (Lipinski definition) is 6. The fraction of sp³-hybridized carbons (Fsp3) is 0.310. The molecule has 1 atom stereocenters. The van der Waals surface area contributed by atoms with Gasteiger partial charge in [-0.3, -0.25) is 13.9 Å². The number of aryl methyl sites for hydroxylation is 1. The first-order valence-corrected chi connectivity index (χ1v) is 15.0. The zero-order valence-electron chi connectivity index (χ0n) is 23.5. The zero-order valence-corrected chi connectivity index (χ0v) is 25.8. The molecule has 220 valence electrons. The topological polar surface area (TPSA) is 105 Å². The number of hydrogen-bond donors (Lipinski definition) is 1. The van der Waals surface area contributed by atoms with Crippen molar-refractivity contribution in [3.8, 4) is 11.5 Å². The number of sulfonamides is 1. The molecule has 0 saturated heterocycles. The van der Waals surface area contributed by atoms with Gasteiger partial charge in [0.05, 0.1) is 24.8 Å². The van der Waals surface area contributed by atoms with E-state index in [1.54, 1.807) is 50.2 Å². The van der Waals surface area contributed by atoms with Crippen molar-refractivity contribution in [3.05, 3.63) is 81.8 Å². The molecule has 0 unspecified atom stereocenters. The number of anilines is 1. The first kappa shape index (κ1) is 32.0. The molecule has 0 spiro atoms. The largest absolute Gasteiger partial charge is 0.493 e. The lowest BCUT2D eigenvalue weighted by Crippen LogP contribution is -2.51. The van der Waals surface area contributed by atoms with Crippen molar-refractivity contribution < 1.29 is 27.5 Å². The third-order valence-electron chi connectivity index (χ3n) is 6.45. The van der Waals surface area contributed by atoms with Gasteiger partial charge in [-0.1, -0.05) is 47.0 Å². The lowest BCUT2D eigenvalue weighted by atomic mass is 10.1. The molecule has 2 amide bonds.